The Labute approximate surface area is 88.9 Å². The summed E-state index contributed by atoms with van der Waals surface area (Å²) in [5.41, 5.74) is 0. The third kappa shape index (κ3) is 3.38. The average Bonchev–Trinajstić information content (AvgIpc) is 2.70. The van der Waals surface area contributed by atoms with E-state index in [1.165, 1.54) is 0 Å². The molecule has 0 aliphatic heterocycles. The standard InChI is InChI=1S/C11H16O4/c1-2-15-11(14)10(13)7-9(12)8-5-3-4-6-8/h7-8,13H,2-6H2,1H3/b10-7-. The fraction of sp³-hybridized carbons (Fsp3) is 0.636. The fourth-order valence-electron chi connectivity index (χ4n) is 1.73. The van der Waals surface area contributed by atoms with Gasteiger partial charge in [-0.05, 0) is 19.8 Å². The van der Waals surface area contributed by atoms with Crippen molar-refractivity contribution in [2.45, 2.75) is 32.6 Å². The van der Waals surface area contributed by atoms with E-state index in [9.17, 15) is 14.7 Å². The molecule has 0 spiro atoms. The van der Waals surface area contributed by atoms with Crippen LogP contribution < -0.4 is 0 Å². The molecular weight excluding hydrogens is 196 g/mol. The van der Waals surface area contributed by atoms with E-state index >= 15 is 0 Å². The van der Waals surface area contributed by atoms with E-state index in [1.54, 1.807) is 6.92 Å². The molecular formula is C11H16O4. The number of allylic oxidation sites excluding steroid dienone is 1. The minimum atomic E-state index is -0.830. The Hall–Kier alpha value is -1.32. The molecule has 0 atom stereocenters. The molecule has 1 aliphatic rings. The molecule has 0 aromatic carbocycles. The Balaban J connectivity index is 2.53. The highest BCUT2D eigenvalue weighted by Crippen LogP contribution is 2.25. The zero-order valence-corrected chi connectivity index (χ0v) is 8.86. The highest BCUT2D eigenvalue weighted by molar-refractivity contribution is 5.99. The van der Waals surface area contributed by atoms with Gasteiger partial charge < -0.3 is 9.84 Å². The van der Waals surface area contributed by atoms with Gasteiger partial charge in [0.2, 0.25) is 5.76 Å². The number of carbonyl (C=O) groups excluding carboxylic acids is 2. The molecule has 1 aliphatic carbocycles. The van der Waals surface area contributed by atoms with Gasteiger partial charge in [0.25, 0.3) is 0 Å². The normalized spacial score (nSPS) is 17.8. The van der Waals surface area contributed by atoms with Crippen LogP contribution in [0.2, 0.25) is 0 Å². The van der Waals surface area contributed by atoms with Crippen LogP contribution >= 0.6 is 0 Å². The van der Waals surface area contributed by atoms with E-state index in [1.807, 2.05) is 0 Å². The zero-order valence-electron chi connectivity index (χ0n) is 8.86. The lowest BCUT2D eigenvalue weighted by molar-refractivity contribution is -0.141. The van der Waals surface area contributed by atoms with Crippen LogP contribution in [0.15, 0.2) is 11.8 Å². The maximum absolute atomic E-state index is 11.5. The average molecular weight is 212 g/mol. The highest BCUT2D eigenvalue weighted by atomic mass is 16.5. The first-order valence-electron chi connectivity index (χ1n) is 5.26. The number of aliphatic hydroxyl groups is 1. The molecule has 15 heavy (non-hydrogen) atoms. The summed E-state index contributed by atoms with van der Waals surface area (Å²) in [6.45, 7) is 1.83. The number of aliphatic hydroxyl groups excluding tert-OH is 1. The van der Waals surface area contributed by atoms with Gasteiger partial charge in [0.15, 0.2) is 5.78 Å². The van der Waals surface area contributed by atoms with E-state index in [2.05, 4.69) is 4.74 Å². The lowest BCUT2D eigenvalue weighted by Gasteiger charge is -2.04. The molecule has 1 saturated carbocycles. The summed E-state index contributed by atoms with van der Waals surface area (Å²) in [6, 6.07) is 0. The Kier molecular flexibility index (Phi) is 4.34. The van der Waals surface area contributed by atoms with Crippen molar-refractivity contribution in [2.75, 3.05) is 6.61 Å². The van der Waals surface area contributed by atoms with Crippen molar-refractivity contribution in [3.63, 3.8) is 0 Å². The molecule has 0 aromatic rings. The van der Waals surface area contributed by atoms with Crippen molar-refractivity contribution in [3.05, 3.63) is 11.8 Å². The van der Waals surface area contributed by atoms with Crippen molar-refractivity contribution in [1.82, 2.24) is 0 Å². The number of carbonyl (C=O) groups is 2. The Bertz CT molecular complexity index is 274. The highest BCUT2D eigenvalue weighted by Gasteiger charge is 2.22. The topological polar surface area (TPSA) is 63.6 Å². The Morgan fingerprint density at radius 3 is 2.53 bits per heavy atom. The summed E-state index contributed by atoms with van der Waals surface area (Å²) in [5, 5.41) is 9.25. The smallest absolute Gasteiger partial charge is 0.373 e. The maximum Gasteiger partial charge on any atom is 0.373 e. The second-order valence-corrected chi connectivity index (χ2v) is 3.63. The van der Waals surface area contributed by atoms with Crippen LogP contribution in [0.4, 0.5) is 0 Å². The van der Waals surface area contributed by atoms with E-state index in [-0.39, 0.29) is 18.3 Å². The van der Waals surface area contributed by atoms with Gasteiger partial charge in [-0.3, -0.25) is 4.79 Å². The second-order valence-electron chi connectivity index (χ2n) is 3.63. The van der Waals surface area contributed by atoms with E-state index in [4.69, 9.17) is 0 Å². The summed E-state index contributed by atoms with van der Waals surface area (Å²) in [7, 11) is 0. The number of ketones is 1. The Morgan fingerprint density at radius 1 is 1.40 bits per heavy atom. The molecule has 0 aromatic heterocycles. The van der Waals surface area contributed by atoms with Crippen molar-refractivity contribution in [3.8, 4) is 0 Å². The van der Waals surface area contributed by atoms with Gasteiger partial charge in [0, 0.05) is 12.0 Å². The first kappa shape index (κ1) is 11.8. The number of ether oxygens (including phenoxy) is 1. The molecule has 1 fully saturated rings. The number of hydrogen-bond donors (Lipinski definition) is 1. The molecule has 0 unspecified atom stereocenters. The van der Waals surface area contributed by atoms with Crippen LogP contribution in [0.3, 0.4) is 0 Å². The van der Waals surface area contributed by atoms with E-state index in [0.29, 0.717) is 0 Å². The number of rotatable bonds is 4. The first-order valence-corrected chi connectivity index (χ1v) is 5.26. The molecule has 1 rings (SSSR count). The predicted molar refractivity (Wildman–Crippen MR) is 54.3 cm³/mol. The predicted octanol–water partition coefficient (Wildman–Crippen LogP) is 1.75. The van der Waals surface area contributed by atoms with Gasteiger partial charge in [-0.1, -0.05) is 12.8 Å². The van der Waals surface area contributed by atoms with Crippen LogP contribution in [-0.2, 0) is 14.3 Å². The van der Waals surface area contributed by atoms with Gasteiger partial charge in [-0.15, -0.1) is 0 Å². The molecule has 4 heteroatoms. The summed E-state index contributed by atoms with van der Waals surface area (Å²) in [4.78, 5) is 22.5. The lowest BCUT2D eigenvalue weighted by atomic mass is 10.0. The molecule has 0 saturated heterocycles. The maximum atomic E-state index is 11.5. The van der Waals surface area contributed by atoms with Crippen LogP contribution in [0.25, 0.3) is 0 Å². The van der Waals surface area contributed by atoms with E-state index < -0.39 is 11.7 Å². The fourth-order valence-corrected chi connectivity index (χ4v) is 1.73. The number of esters is 1. The second kappa shape index (κ2) is 5.53. The third-order valence-electron chi connectivity index (χ3n) is 2.52. The molecule has 0 amide bonds. The van der Waals surface area contributed by atoms with Gasteiger partial charge in [-0.25, -0.2) is 4.79 Å². The van der Waals surface area contributed by atoms with Gasteiger partial charge in [0.1, 0.15) is 0 Å². The molecule has 0 heterocycles. The summed E-state index contributed by atoms with van der Waals surface area (Å²) in [5.74, 6) is -1.61. The van der Waals surface area contributed by atoms with E-state index in [0.717, 1.165) is 31.8 Å². The van der Waals surface area contributed by atoms with Crippen molar-refractivity contribution in [2.24, 2.45) is 5.92 Å². The SMILES string of the molecule is CCOC(=O)/C(O)=C/C(=O)C1CCCC1. The van der Waals surface area contributed by atoms with Crippen molar-refractivity contribution >= 4 is 11.8 Å². The molecule has 0 bridgehead atoms. The number of hydrogen-bond acceptors (Lipinski definition) is 4. The molecule has 1 N–H and O–H groups in total. The quantitative estimate of drug-likeness (QED) is 0.438. The van der Waals surface area contributed by atoms with Gasteiger partial charge in [-0.2, -0.15) is 0 Å². The van der Waals surface area contributed by atoms with Crippen molar-refractivity contribution in [1.29, 1.82) is 0 Å². The minimum absolute atomic E-state index is 0.0263. The first-order chi connectivity index (χ1) is 7.15. The van der Waals surface area contributed by atoms with Gasteiger partial charge >= 0.3 is 5.97 Å². The van der Waals surface area contributed by atoms with Crippen LogP contribution in [-0.4, -0.2) is 23.5 Å². The molecule has 84 valence electrons. The lowest BCUT2D eigenvalue weighted by Crippen LogP contribution is -2.13. The minimum Gasteiger partial charge on any atom is -0.502 e. The van der Waals surface area contributed by atoms with Crippen molar-refractivity contribution < 1.29 is 19.4 Å². The molecule has 4 nitrogen and oxygen atoms in total. The summed E-state index contributed by atoms with van der Waals surface area (Å²) < 4.78 is 4.56. The third-order valence-corrected chi connectivity index (χ3v) is 2.52. The monoisotopic (exact) mass is 212 g/mol. The van der Waals surface area contributed by atoms with Crippen LogP contribution in [0.1, 0.15) is 32.6 Å². The summed E-state index contributed by atoms with van der Waals surface area (Å²) in [6.07, 6.45) is 4.79. The zero-order chi connectivity index (χ0) is 11.3. The van der Waals surface area contributed by atoms with Crippen LogP contribution in [0, 0.1) is 5.92 Å². The summed E-state index contributed by atoms with van der Waals surface area (Å²) >= 11 is 0. The van der Waals surface area contributed by atoms with Gasteiger partial charge in [0.05, 0.1) is 6.61 Å². The molecule has 0 radical (unpaired) electrons. The largest absolute Gasteiger partial charge is 0.502 e. The van der Waals surface area contributed by atoms with Crippen LogP contribution in [0.5, 0.6) is 0 Å². The Morgan fingerprint density at radius 2 is 2.00 bits per heavy atom.